The highest BCUT2D eigenvalue weighted by Gasteiger charge is 2.22. The first kappa shape index (κ1) is 15.8. The number of rotatable bonds is 3. The van der Waals surface area contributed by atoms with Gasteiger partial charge in [-0.05, 0) is 37.6 Å². The molecule has 0 spiro atoms. The van der Waals surface area contributed by atoms with Crippen LogP contribution in [0.2, 0.25) is 5.02 Å². The summed E-state index contributed by atoms with van der Waals surface area (Å²) in [6.07, 6.45) is 1.81. The molecule has 0 radical (unpaired) electrons. The van der Waals surface area contributed by atoms with Gasteiger partial charge in [-0.2, -0.15) is 0 Å². The fourth-order valence-electron chi connectivity index (χ4n) is 1.93. The van der Waals surface area contributed by atoms with Gasteiger partial charge in [-0.3, -0.25) is 9.59 Å². The molecule has 1 aliphatic heterocycles. The summed E-state index contributed by atoms with van der Waals surface area (Å²) in [5, 5.41) is 6.11. The van der Waals surface area contributed by atoms with Crippen LogP contribution in [-0.2, 0) is 4.79 Å². The number of primary amides is 1. The minimum Gasteiger partial charge on any atom is -0.366 e. The number of carbonyl (C=O) groups excluding carboxylic acids is 2. The number of amides is 2. The highest BCUT2D eigenvalue weighted by atomic mass is 35.5. The summed E-state index contributed by atoms with van der Waals surface area (Å²) >= 11 is 5.83. The van der Waals surface area contributed by atoms with Gasteiger partial charge in [0.25, 0.3) is 0 Å². The Morgan fingerprint density at radius 3 is 2.74 bits per heavy atom. The van der Waals surface area contributed by atoms with Crippen LogP contribution in [0.25, 0.3) is 0 Å². The number of anilines is 1. The minimum atomic E-state index is -0.616. The zero-order chi connectivity index (χ0) is 13.1. The van der Waals surface area contributed by atoms with Crippen molar-refractivity contribution >= 4 is 41.5 Å². The molecular formula is C12H15Cl2N3O2. The van der Waals surface area contributed by atoms with Crippen molar-refractivity contribution < 1.29 is 9.59 Å². The summed E-state index contributed by atoms with van der Waals surface area (Å²) in [4.78, 5) is 23.0. The van der Waals surface area contributed by atoms with E-state index >= 15 is 0 Å². The maximum absolute atomic E-state index is 11.9. The lowest BCUT2D eigenvalue weighted by Gasteiger charge is -2.12. The van der Waals surface area contributed by atoms with E-state index in [9.17, 15) is 9.59 Å². The second-order valence-corrected chi connectivity index (χ2v) is 4.60. The largest absolute Gasteiger partial charge is 0.366 e. The van der Waals surface area contributed by atoms with Gasteiger partial charge in [0.05, 0.1) is 16.6 Å². The third-order valence-corrected chi connectivity index (χ3v) is 3.21. The second-order valence-electron chi connectivity index (χ2n) is 4.20. The summed E-state index contributed by atoms with van der Waals surface area (Å²) in [7, 11) is 0. The third kappa shape index (κ3) is 3.83. The van der Waals surface area contributed by atoms with Gasteiger partial charge < -0.3 is 16.4 Å². The summed E-state index contributed by atoms with van der Waals surface area (Å²) < 4.78 is 0. The van der Waals surface area contributed by atoms with Crippen LogP contribution in [-0.4, -0.2) is 24.4 Å². The Kier molecular flexibility index (Phi) is 5.60. The van der Waals surface area contributed by atoms with E-state index in [2.05, 4.69) is 10.6 Å². The van der Waals surface area contributed by atoms with Crippen LogP contribution in [0.4, 0.5) is 5.69 Å². The summed E-state index contributed by atoms with van der Waals surface area (Å²) in [6.45, 7) is 0.852. The first-order valence-electron chi connectivity index (χ1n) is 5.71. The molecule has 0 saturated carbocycles. The summed E-state index contributed by atoms with van der Waals surface area (Å²) in [5.41, 5.74) is 5.91. The first-order chi connectivity index (χ1) is 8.58. The quantitative estimate of drug-likeness (QED) is 0.792. The molecule has 19 heavy (non-hydrogen) atoms. The van der Waals surface area contributed by atoms with Crippen molar-refractivity contribution in [1.29, 1.82) is 0 Å². The van der Waals surface area contributed by atoms with Crippen LogP contribution < -0.4 is 16.4 Å². The van der Waals surface area contributed by atoms with Crippen LogP contribution in [0.5, 0.6) is 0 Å². The predicted octanol–water partition coefficient (Wildman–Crippen LogP) is 1.55. The van der Waals surface area contributed by atoms with E-state index in [0.717, 1.165) is 19.4 Å². The van der Waals surface area contributed by atoms with Crippen LogP contribution >= 0.6 is 24.0 Å². The molecule has 0 unspecified atom stereocenters. The van der Waals surface area contributed by atoms with Crippen molar-refractivity contribution in [2.45, 2.75) is 18.9 Å². The molecule has 104 valence electrons. The fourth-order valence-corrected chi connectivity index (χ4v) is 2.14. The number of benzene rings is 1. The number of hydrogen-bond donors (Lipinski definition) is 3. The van der Waals surface area contributed by atoms with Crippen LogP contribution in [0.3, 0.4) is 0 Å². The highest BCUT2D eigenvalue weighted by molar-refractivity contribution is 6.34. The highest BCUT2D eigenvalue weighted by Crippen LogP contribution is 2.20. The Hall–Kier alpha value is -1.30. The van der Waals surface area contributed by atoms with Crippen molar-refractivity contribution in [3.05, 3.63) is 28.8 Å². The maximum Gasteiger partial charge on any atom is 0.250 e. The lowest BCUT2D eigenvalue weighted by atomic mass is 10.1. The maximum atomic E-state index is 11.9. The fraction of sp³-hybridized carbons (Fsp3) is 0.333. The van der Waals surface area contributed by atoms with E-state index in [1.807, 2.05) is 0 Å². The Labute approximate surface area is 122 Å². The average molecular weight is 304 g/mol. The molecule has 1 heterocycles. The zero-order valence-electron chi connectivity index (χ0n) is 10.1. The van der Waals surface area contributed by atoms with E-state index in [-0.39, 0.29) is 34.9 Å². The molecule has 1 fully saturated rings. The Morgan fingerprint density at radius 1 is 1.42 bits per heavy atom. The lowest BCUT2D eigenvalue weighted by molar-refractivity contribution is -0.117. The van der Waals surface area contributed by atoms with Gasteiger partial charge >= 0.3 is 0 Å². The molecule has 7 heteroatoms. The predicted molar refractivity (Wildman–Crippen MR) is 76.9 cm³/mol. The Bertz CT molecular complexity index is 488. The minimum absolute atomic E-state index is 0. The molecule has 1 saturated heterocycles. The first-order valence-corrected chi connectivity index (χ1v) is 6.09. The van der Waals surface area contributed by atoms with Crippen molar-refractivity contribution in [3.63, 3.8) is 0 Å². The summed E-state index contributed by atoms with van der Waals surface area (Å²) in [6, 6.07) is 4.50. The average Bonchev–Trinajstić information content (AvgIpc) is 2.85. The monoisotopic (exact) mass is 303 g/mol. The van der Waals surface area contributed by atoms with Gasteiger partial charge in [0.15, 0.2) is 0 Å². The Balaban J connectivity index is 0.00000180. The molecule has 1 aliphatic rings. The smallest absolute Gasteiger partial charge is 0.250 e. The van der Waals surface area contributed by atoms with Gasteiger partial charge in [0, 0.05) is 5.69 Å². The van der Waals surface area contributed by atoms with Crippen molar-refractivity contribution in [3.8, 4) is 0 Å². The van der Waals surface area contributed by atoms with Crippen LogP contribution in [0, 0.1) is 0 Å². The molecule has 0 aliphatic carbocycles. The van der Waals surface area contributed by atoms with Crippen LogP contribution in [0.1, 0.15) is 23.2 Å². The molecule has 4 N–H and O–H groups in total. The standard InChI is InChI=1S/C12H14ClN3O2.ClH/c13-9-4-3-7(6-8(9)11(14)17)16-12(18)10-2-1-5-15-10;/h3-4,6,10,15H,1-2,5H2,(H2,14,17)(H,16,18);1H/t10-;/m0./s1. The molecule has 1 aromatic rings. The van der Waals surface area contributed by atoms with E-state index in [1.54, 1.807) is 12.1 Å². The van der Waals surface area contributed by atoms with Crippen molar-refractivity contribution in [1.82, 2.24) is 5.32 Å². The molecular weight excluding hydrogens is 289 g/mol. The van der Waals surface area contributed by atoms with Gasteiger partial charge in [0.1, 0.15) is 0 Å². The molecule has 5 nitrogen and oxygen atoms in total. The van der Waals surface area contributed by atoms with Gasteiger partial charge in [-0.25, -0.2) is 0 Å². The van der Waals surface area contributed by atoms with Gasteiger partial charge in [-0.1, -0.05) is 11.6 Å². The third-order valence-electron chi connectivity index (χ3n) is 2.88. The molecule has 1 aromatic carbocycles. The normalized spacial score (nSPS) is 17.6. The number of nitrogens with one attached hydrogen (secondary N) is 2. The topological polar surface area (TPSA) is 84.2 Å². The van der Waals surface area contributed by atoms with Crippen molar-refractivity contribution in [2.75, 3.05) is 11.9 Å². The van der Waals surface area contributed by atoms with E-state index in [4.69, 9.17) is 17.3 Å². The van der Waals surface area contributed by atoms with Gasteiger partial charge in [0.2, 0.25) is 11.8 Å². The van der Waals surface area contributed by atoms with E-state index in [0.29, 0.717) is 5.69 Å². The summed E-state index contributed by atoms with van der Waals surface area (Å²) in [5.74, 6) is -0.722. The molecule has 2 amide bonds. The van der Waals surface area contributed by atoms with Crippen molar-refractivity contribution in [2.24, 2.45) is 5.73 Å². The van der Waals surface area contributed by atoms with Gasteiger partial charge in [-0.15, -0.1) is 12.4 Å². The molecule has 0 bridgehead atoms. The molecule has 2 rings (SSSR count). The SMILES string of the molecule is Cl.NC(=O)c1cc(NC(=O)[C@@H]2CCCN2)ccc1Cl. The van der Waals surface area contributed by atoms with E-state index in [1.165, 1.54) is 6.07 Å². The number of halogens is 2. The van der Waals surface area contributed by atoms with E-state index < -0.39 is 5.91 Å². The van der Waals surface area contributed by atoms with Crippen LogP contribution in [0.15, 0.2) is 18.2 Å². The second kappa shape index (κ2) is 6.75. The molecule has 0 aromatic heterocycles. The Morgan fingerprint density at radius 2 is 2.16 bits per heavy atom. The zero-order valence-corrected chi connectivity index (χ0v) is 11.7. The number of hydrogen-bond acceptors (Lipinski definition) is 3. The number of carbonyl (C=O) groups is 2. The number of nitrogens with two attached hydrogens (primary N) is 1. The molecule has 1 atom stereocenters. The lowest BCUT2D eigenvalue weighted by Crippen LogP contribution is -2.35.